The number of carbonyl (C=O) groups excluding carboxylic acids is 2. The Morgan fingerprint density at radius 3 is 2.75 bits per heavy atom. The number of piperidine rings is 1. The van der Waals surface area contributed by atoms with Crippen LogP contribution in [0.2, 0.25) is 0 Å². The van der Waals surface area contributed by atoms with Crippen LogP contribution in [-0.4, -0.2) is 67.9 Å². The average Bonchev–Trinajstić information content (AvgIpc) is 3.56. The van der Waals surface area contributed by atoms with Crippen molar-refractivity contribution in [3.05, 3.63) is 71.3 Å². The smallest absolute Gasteiger partial charge is 0.226 e. The first-order chi connectivity index (χ1) is 19.5. The van der Waals surface area contributed by atoms with Crippen LogP contribution in [0.1, 0.15) is 41.9 Å². The molecule has 0 aliphatic carbocycles. The molecule has 1 saturated heterocycles. The quantitative estimate of drug-likeness (QED) is 0.403. The second kappa shape index (κ2) is 11.1. The van der Waals surface area contributed by atoms with Crippen LogP contribution in [0.3, 0.4) is 0 Å². The first kappa shape index (κ1) is 26.0. The van der Waals surface area contributed by atoms with Gasteiger partial charge in [0, 0.05) is 45.2 Å². The van der Waals surface area contributed by atoms with E-state index in [-0.39, 0.29) is 11.8 Å². The number of carbonyl (C=O) groups is 2. The number of aromatic nitrogens is 5. The van der Waals surface area contributed by atoms with Crippen LogP contribution in [-0.2, 0) is 35.4 Å². The molecular weight excluding hydrogens is 506 g/mol. The largest absolute Gasteiger partial charge is 0.494 e. The van der Waals surface area contributed by atoms with E-state index in [4.69, 9.17) is 4.74 Å². The molecular formula is C30H35N7O3. The van der Waals surface area contributed by atoms with Crippen LogP contribution >= 0.6 is 0 Å². The summed E-state index contributed by atoms with van der Waals surface area (Å²) in [6, 6.07) is 14.0. The highest BCUT2D eigenvalue weighted by Gasteiger charge is 2.42. The first-order valence-electron chi connectivity index (χ1n) is 14.1. The molecule has 10 heteroatoms. The molecule has 10 nitrogen and oxygen atoms in total. The minimum absolute atomic E-state index is 0.0264. The van der Waals surface area contributed by atoms with Crippen LogP contribution < -0.4 is 10.1 Å². The molecule has 0 unspecified atom stereocenters. The molecule has 2 N–H and O–H groups in total. The molecule has 0 saturated carbocycles. The van der Waals surface area contributed by atoms with Crippen molar-refractivity contribution in [3.8, 4) is 5.75 Å². The Balaban J connectivity index is 1.15. The predicted octanol–water partition coefficient (Wildman–Crippen LogP) is 3.00. The van der Waals surface area contributed by atoms with Gasteiger partial charge in [0.25, 0.3) is 0 Å². The van der Waals surface area contributed by atoms with Gasteiger partial charge in [-0.3, -0.25) is 14.3 Å². The molecule has 7 rings (SSSR count). The molecule has 0 radical (unpaired) electrons. The Morgan fingerprint density at radius 1 is 1.10 bits per heavy atom. The topological polar surface area (TPSA) is 118 Å². The zero-order chi connectivity index (χ0) is 27.5. The van der Waals surface area contributed by atoms with E-state index in [9.17, 15) is 9.59 Å². The summed E-state index contributed by atoms with van der Waals surface area (Å²) in [4.78, 5) is 36.5. The van der Waals surface area contributed by atoms with E-state index in [0.717, 1.165) is 52.3 Å². The number of nitrogens with one attached hydrogen (secondary N) is 2. The van der Waals surface area contributed by atoms with E-state index < -0.39 is 5.41 Å². The number of hydrogen-bond donors (Lipinski definition) is 2. The number of fused-ring (bicyclic) bond motifs is 9. The number of ether oxygens (including phenoxy) is 1. The second-order valence-corrected chi connectivity index (χ2v) is 11.0. The number of nitrogens with zero attached hydrogens (tertiary/aromatic N) is 5. The summed E-state index contributed by atoms with van der Waals surface area (Å²) in [5.41, 5.74) is 4.11. The molecule has 1 spiro atoms. The van der Waals surface area contributed by atoms with Crippen molar-refractivity contribution in [2.45, 2.75) is 52.0 Å². The van der Waals surface area contributed by atoms with Crippen molar-refractivity contribution in [3.63, 3.8) is 0 Å². The summed E-state index contributed by atoms with van der Waals surface area (Å²) in [5.74, 6) is 1.80. The van der Waals surface area contributed by atoms with Gasteiger partial charge in [-0.25, -0.2) is 4.98 Å². The number of benzene rings is 2. The highest BCUT2D eigenvalue weighted by atomic mass is 16.5. The molecule has 2 amide bonds. The Morgan fingerprint density at radius 2 is 1.93 bits per heavy atom. The third-order valence-electron chi connectivity index (χ3n) is 8.10. The summed E-state index contributed by atoms with van der Waals surface area (Å²) in [7, 11) is 0. The molecule has 2 aromatic heterocycles. The highest BCUT2D eigenvalue weighted by Crippen LogP contribution is 2.35. The number of hydrogen-bond acceptors (Lipinski definition) is 6. The lowest BCUT2D eigenvalue weighted by atomic mass is 9.74. The summed E-state index contributed by atoms with van der Waals surface area (Å²) < 4.78 is 7.68. The van der Waals surface area contributed by atoms with Crippen LogP contribution in [0.4, 0.5) is 0 Å². The number of rotatable bonds is 2. The van der Waals surface area contributed by atoms with Crippen LogP contribution in [0.5, 0.6) is 5.75 Å². The van der Waals surface area contributed by atoms with Gasteiger partial charge in [-0.1, -0.05) is 23.4 Å². The second-order valence-electron chi connectivity index (χ2n) is 11.0. The van der Waals surface area contributed by atoms with E-state index in [1.807, 2.05) is 65.2 Å². The predicted molar refractivity (Wildman–Crippen MR) is 150 cm³/mol. The standard InChI is InChI=1S/C30H35N7O3/c1-21-32-26-8-5-23(17-27(26)33-21)18-28(38)36-14-10-30(11-15-36)19-24-20-37(35-34-24)13-2-16-40-25-6-3-22(4-7-25)9-12-31-29(30)39/h3-8,17,20H,2,9-16,18-19H2,1H3,(H,31,39)(H,32,33). The molecule has 2 aromatic carbocycles. The normalized spacial score (nSPS) is 17.9. The number of imidazole rings is 1. The zero-order valence-electron chi connectivity index (χ0n) is 22.9. The van der Waals surface area contributed by atoms with E-state index in [1.54, 1.807) is 0 Å². The molecule has 5 heterocycles. The first-order valence-corrected chi connectivity index (χ1v) is 14.1. The Kier molecular flexibility index (Phi) is 7.23. The Hall–Kier alpha value is -4.21. The van der Waals surface area contributed by atoms with Crippen molar-refractivity contribution < 1.29 is 14.3 Å². The summed E-state index contributed by atoms with van der Waals surface area (Å²) >= 11 is 0. The summed E-state index contributed by atoms with van der Waals surface area (Å²) in [6.07, 6.45) is 5.47. The van der Waals surface area contributed by atoms with E-state index >= 15 is 0 Å². The van der Waals surface area contributed by atoms with Gasteiger partial charge >= 0.3 is 0 Å². The number of aryl methyl sites for hydroxylation is 2. The van der Waals surface area contributed by atoms with Crippen molar-refractivity contribution >= 4 is 22.8 Å². The number of aromatic amines is 1. The van der Waals surface area contributed by atoms with Crippen molar-refractivity contribution in [1.29, 1.82) is 0 Å². The lowest BCUT2D eigenvalue weighted by molar-refractivity contribution is -0.140. The van der Waals surface area contributed by atoms with Gasteiger partial charge in [0.05, 0.1) is 35.2 Å². The van der Waals surface area contributed by atoms with Crippen molar-refractivity contribution in [1.82, 2.24) is 35.2 Å². The molecule has 1 fully saturated rings. The fourth-order valence-corrected chi connectivity index (χ4v) is 5.80. The maximum absolute atomic E-state index is 13.7. The minimum Gasteiger partial charge on any atom is -0.494 e. The minimum atomic E-state index is -0.634. The third-order valence-corrected chi connectivity index (χ3v) is 8.10. The van der Waals surface area contributed by atoms with Gasteiger partial charge in [0.1, 0.15) is 11.6 Å². The lowest BCUT2D eigenvalue weighted by Crippen LogP contribution is -2.51. The average molecular weight is 542 g/mol. The summed E-state index contributed by atoms with van der Waals surface area (Å²) in [6.45, 7) is 4.82. The van der Waals surface area contributed by atoms with E-state index in [1.165, 1.54) is 0 Å². The van der Waals surface area contributed by atoms with Crippen LogP contribution in [0.15, 0.2) is 48.7 Å². The fraction of sp³-hybridized carbons (Fsp3) is 0.433. The lowest BCUT2D eigenvalue weighted by Gasteiger charge is -2.40. The Labute approximate surface area is 233 Å². The monoisotopic (exact) mass is 541 g/mol. The van der Waals surface area contributed by atoms with Gasteiger partial charge in [0.15, 0.2) is 0 Å². The van der Waals surface area contributed by atoms with Gasteiger partial charge < -0.3 is 19.9 Å². The molecule has 4 aromatic rings. The number of likely N-dealkylation sites (tertiary alicyclic amines) is 1. The number of H-pyrrole nitrogens is 1. The van der Waals surface area contributed by atoms with Crippen molar-refractivity contribution in [2.75, 3.05) is 26.2 Å². The summed E-state index contributed by atoms with van der Waals surface area (Å²) in [5, 5.41) is 11.9. The van der Waals surface area contributed by atoms with Gasteiger partial charge in [0.2, 0.25) is 11.8 Å². The van der Waals surface area contributed by atoms with E-state index in [0.29, 0.717) is 58.5 Å². The van der Waals surface area contributed by atoms with Crippen LogP contribution in [0, 0.1) is 12.3 Å². The third kappa shape index (κ3) is 5.71. The maximum atomic E-state index is 13.7. The SMILES string of the molecule is Cc1nc2ccc(CC(=O)N3CCC4(CC3)Cc3cn(nn3)CCCOc3ccc(cc3)CCNC4=O)cc2[nH]1. The number of amides is 2. The van der Waals surface area contributed by atoms with Gasteiger partial charge in [-0.2, -0.15) is 0 Å². The molecule has 40 heavy (non-hydrogen) atoms. The molecule has 0 atom stereocenters. The molecule has 3 aliphatic rings. The Bertz CT molecular complexity index is 1500. The molecule has 4 bridgehead atoms. The fourth-order valence-electron chi connectivity index (χ4n) is 5.80. The van der Waals surface area contributed by atoms with Crippen molar-refractivity contribution in [2.24, 2.45) is 5.41 Å². The zero-order valence-corrected chi connectivity index (χ0v) is 22.9. The molecule has 208 valence electrons. The highest BCUT2D eigenvalue weighted by molar-refractivity contribution is 5.85. The molecule has 3 aliphatic heterocycles. The van der Waals surface area contributed by atoms with Crippen LogP contribution in [0.25, 0.3) is 11.0 Å². The van der Waals surface area contributed by atoms with Gasteiger partial charge in [-0.05, 0) is 61.6 Å². The maximum Gasteiger partial charge on any atom is 0.226 e. The van der Waals surface area contributed by atoms with E-state index in [2.05, 4.69) is 25.6 Å². The van der Waals surface area contributed by atoms with Gasteiger partial charge in [-0.15, -0.1) is 5.10 Å².